The molecule has 35 heavy (non-hydrogen) atoms. The van der Waals surface area contributed by atoms with Gasteiger partial charge in [-0.3, -0.25) is 9.36 Å². The van der Waals surface area contributed by atoms with Gasteiger partial charge >= 0.3 is 0 Å². The molecule has 4 rings (SSSR count). The van der Waals surface area contributed by atoms with Gasteiger partial charge in [-0.2, -0.15) is 0 Å². The van der Waals surface area contributed by atoms with E-state index in [4.69, 9.17) is 33.5 Å². The zero-order chi connectivity index (χ0) is 24.9. The van der Waals surface area contributed by atoms with Gasteiger partial charge in [0.25, 0.3) is 5.56 Å². The third kappa shape index (κ3) is 5.49. The van der Waals surface area contributed by atoms with Crippen molar-refractivity contribution < 1.29 is 9.64 Å². The second-order valence-electron chi connectivity index (χ2n) is 7.97. The Kier molecular flexibility index (Phi) is 8.67. The van der Waals surface area contributed by atoms with Crippen molar-refractivity contribution in [3.63, 3.8) is 0 Å². The molecule has 10 heteroatoms. The van der Waals surface area contributed by atoms with Gasteiger partial charge in [0.1, 0.15) is 10.4 Å². The Hall–Kier alpha value is -2.17. The first-order valence-electron chi connectivity index (χ1n) is 11.5. The smallest absolute Gasteiger partial charge is 0.278 e. The molecule has 0 bridgehead atoms. The summed E-state index contributed by atoms with van der Waals surface area (Å²) in [4.78, 5) is 20.4. The van der Waals surface area contributed by atoms with E-state index in [2.05, 4.69) is 13.8 Å². The molecule has 2 aromatic carbocycles. The Morgan fingerprint density at radius 2 is 1.86 bits per heavy atom. The number of nitrogens with zero attached hydrogens (tertiary/aromatic N) is 3. The molecule has 4 aromatic rings. The fourth-order valence-electron chi connectivity index (χ4n) is 3.93. The van der Waals surface area contributed by atoms with E-state index >= 15 is 0 Å². The molecule has 2 heterocycles. The van der Waals surface area contributed by atoms with Gasteiger partial charge < -0.3 is 14.2 Å². The Labute approximate surface area is 223 Å². The molecule has 0 fully saturated rings. The van der Waals surface area contributed by atoms with Crippen LogP contribution in [0.1, 0.15) is 19.4 Å². The largest absolute Gasteiger partial charge is 0.495 e. The molecule has 1 N–H and O–H groups in total. The lowest BCUT2D eigenvalue weighted by Crippen LogP contribution is -3.11. The Morgan fingerprint density at radius 3 is 2.57 bits per heavy atom. The van der Waals surface area contributed by atoms with Gasteiger partial charge in [0.15, 0.2) is 14.8 Å². The SMILES string of the molecule is CC[NH+](CC)CCn1c(=S)sc2c(=O)n(-c3ccccc3OC)c(SCc3ccccc3Cl)nc21. The fraction of sp³-hybridized carbons (Fsp3) is 0.320. The molecule has 0 aliphatic rings. The maximum atomic E-state index is 13.9. The van der Waals surface area contributed by atoms with Crippen molar-refractivity contribution in [1.82, 2.24) is 14.1 Å². The minimum atomic E-state index is -0.147. The predicted molar refractivity (Wildman–Crippen MR) is 149 cm³/mol. The van der Waals surface area contributed by atoms with E-state index in [0.717, 1.165) is 31.7 Å². The van der Waals surface area contributed by atoms with Gasteiger partial charge in [0.2, 0.25) is 0 Å². The monoisotopic (exact) mass is 547 g/mol. The predicted octanol–water partition coefficient (Wildman–Crippen LogP) is 4.86. The summed E-state index contributed by atoms with van der Waals surface area (Å²) in [7, 11) is 1.60. The Bertz CT molecular complexity index is 1440. The van der Waals surface area contributed by atoms with E-state index in [0.29, 0.717) is 41.7 Å². The zero-order valence-electron chi connectivity index (χ0n) is 19.9. The number of ether oxygens (including phenoxy) is 1. The Balaban J connectivity index is 1.87. The fourth-order valence-corrected chi connectivity index (χ4v) is 6.52. The van der Waals surface area contributed by atoms with Crippen LogP contribution in [-0.4, -0.2) is 40.9 Å². The van der Waals surface area contributed by atoms with Crippen LogP contribution >= 0.6 is 46.9 Å². The van der Waals surface area contributed by atoms with Crippen LogP contribution in [0, 0.1) is 3.95 Å². The van der Waals surface area contributed by atoms with Crippen LogP contribution in [0.15, 0.2) is 58.5 Å². The number of hydrogen-bond acceptors (Lipinski definition) is 6. The highest BCUT2D eigenvalue weighted by Gasteiger charge is 2.21. The molecule has 0 saturated carbocycles. The number of nitrogens with one attached hydrogen (secondary N) is 1. The third-order valence-electron chi connectivity index (χ3n) is 5.99. The van der Waals surface area contributed by atoms with Gasteiger partial charge in [-0.15, -0.1) is 0 Å². The van der Waals surface area contributed by atoms with Crippen molar-refractivity contribution >= 4 is 57.3 Å². The van der Waals surface area contributed by atoms with Crippen LogP contribution in [0.2, 0.25) is 5.02 Å². The number of benzene rings is 2. The topological polar surface area (TPSA) is 53.5 Å². The number of hydrogen-bond donors (Lipinski definition) is 1. The van der Waals surface area contributed by atoms with E-state index in [-0.39, 0.29) is 5.56 Å². The first kappa shape index (κ1) is 25.9. The van der Waals surface area contributed by atoms with Crippen LogP contribution in [0.4, 0.5) is 0 Å². The summed E-state index contributed by atoms with van der Waals surface area (Å²) >= 11 is 14.9. The summed E-state index contributed by atoms with van der Waals surface area (Å²) in [6.07, 6.45) is 0. The lowest BCUT2D eigenvalue weighted by Gasteiger charge is -2.17. The van der Waals surface area contributed by atoms with E-state index in [1.165, 1.54) is 28.0 Å². The summed E-state index contributed by atoms with van der Waals surface area (Å²) in [6.45, 7) is 8.08. The van der Waals surface area contributed by atoms with Crippen LogP contribution in [0.3, 0.4) is 0 Å². The summed E-state index contributed by atoms with van der Waals surface area (Å²) in [5.74, 6) is 1.17. The maximum Gasteiger partial charge on any atom is 0.278 e. The molecule has 0 aliphatic carbocycles. The molecule has 184 valence electrons. The first-order valence-corrected chi connectivity index (χ1v) is 14.1. The second kappa shape index (κ2) is 11.7. The number of quaternary nitrogens is 1. The van der Waals surface area contributed by atoms with E-state index in [9.17, 15) is 4.79 Å². The van der Waals surface area contributed by atoms with Crippen LogP contribution < -0.4 is 15.2 Å². The molecular formula is C25H28ClN4O2S3+. The quantitative estimate of drug-likeness (QED) is 0.175. The standard InChI is InChI=1S/C25H27ClN4O2S3/c1-4-28(5-2)14-15-29-22-21(35-25(29)33)23(31)30(19-12-8-9-13-20(19)32-3)24(27-22)34-16-17-10-6-7-11-18(17)26/h6-13H,4-5,14-16H2,1-3H3/p+1. The van der Waals surface area contributed by atoms with Crippen LogP contribution in [0.25, 0.3) is 16.0 Å². The van der Waals surface area contributed by atoms with Crippen molar-refractivity contribution in [1.29, 1.82) is 0 Å². The molecule has 0 unspecified atom stereocenters. The van der Waals surface area contributed by atoms with Crippen molar-refractivity contribution in [2.24, 2.45) is 0 Å². The summed E-state index contributed by atoms with van der Waals surface area (Å²) in [5, 5.41) is 1.26. The van der Waals surface area contributed by atoms with Crippen molar-refractivity contribution in [2.45, 2.75) is 31.3 Å². The molecule has 0 amide bonds. The third-order valence-corrected chi connectivity index (χ3v) is 8.77. The molecule has 0 saturated heterocycles. The maximum absolute atomic E-state index is 13.9. The molecule has 0 spiro atoms. The van der Waals surface area contributed by atoms with Crippen LogP contribution in [-0.2, 0) is 12.3 Å². The van der Waals surface area contributed by atoms with Crippen molar-refractivity contribution in [3.05, 3.63) is 73.4 Å². The average Bonchev–Trinajstić information content (AvgIpc) is 3.19. The lowest BCUT2D eigenvalue weighted by molar-refractivity contribution is -0.897. The van der Waals surface area contributed by atoms with Gasteiger partial charge in [-0.1, -0.05) is 65.0 Å². The molecule has 0 radical (unpaired) electrons. The molecule has 0 atom stereocenters. The minimum Gasteiger partial charge on any atom is -0.495 e. The van der Waals surface area contributed by atoms with E-state index < -0.39 is 0 Å². The number of fused-ring (bicyclic) bond motifs is 1. The Morgan fingerprint density at radius 1 is 1.14 bits per heavy atom. The van der Waals surface area contributed by atoms with Gasteiger partial charge in [-0.25, -0.2) is 4.98 Å². The number of rotatable bonds is 10. The summed E-state index contributed by atoms with van der Waals surface area (Å²) in [5.41, 5.74) is 2.12. The number of thiazole rings is 1. The molecule has 6 nitrogen and oxygen atoms in total. The van der Waals surface area contributed by atoms with Crippen molar-refractivity contribution in [2.75, 3.05) is 26.7 Å². The number of thioether (sulfide) groups is 1. The number of methoxy groups -OCH3 is 1. The highest BCUT2D eigenvalue weighted by molar-refractivity contribution is 7.98. The van der Waals surface area contributed by atoms with Crippen molar-refractivity contribution in [3.8, 4) is 11.4 Å². The van der Waals surface area contributed by atoms with E-state index in [1.54, 1.807) is 11.7 Å². The van der Waals surface area contributed by atoms with Crippen LogP contribution in [0.5, 0.6) is 5.75 Å². The van der Waals surface area contributed by atoms with Gasteiger partial charge in [0.05, 0.1) is 39.0 Å². The minimum absolute atomic E-state index is 0.147. The normalized spacial score (nSPS) is 11.5. The highest BCUT2D eigenvalue weighted by Crippen LogP contribution is 2.31. The molecular weight excluding hydrogens is 520 g/mol. The number of halogens is 1. The first-order chi connectivity index (χ1) is 17.0. The van der Waals surface area contributed by atoms with Gasteiger partial charge in [0, 0.05) is 10.8 Å². The summed E-state index contributed by atoms with van der Waals surface area (Å²) in [6, 6.07) is 15.2. The average molecular weight is 548 g/mol. The second-order valence-corrected chi connectivity index (χ2v) is 11.0. The number of likely N-dealkylation sites (N-methyl/N-ethyl adjacent to an activating group) is 1. The highest BCUT2D eigenvalue weighted by atomic mass is 35.5. The summed E-state index contributed by atoms with van der Waals surface area (Å²) < 4.78 is 10.4. The molecule has 2 aromatic heterocycles. The number of para-hydroxylation sites is 2. The van der Waals surface area contributed by atoms with E-state index in [1.807, 2.05) is 53.1 Å². The lowest BCUT2D eigenvalue weighted by atomic mass is 10.2. The van der Waals surface area contributed by atoms with Gasteiger partial charge in [-0.05, 0) is 49.8 Å². The molecule has 0 aliphatic heterocycles. The zero-order valence-corrected chi connectivity index (χ0v) is 23.1. The number of aromatic nitrogens is 3.